The van der Waals surface area contributed by atoms with Crippen LogP contribution in [0.2, 0.25) is 0 Å². The first-order chi connectivity index (χ1) is 9.11. The second-order valence-electron chi connectivity index (χ2n) is 3.82. The first kappa shape index (κ1) is 13.0. The number of benzene rings is 1. The number of rotatable bonds is 4. The number of nitrogen functional groups attached to an aromatic ring is 1. The molecule has 1 atom stereocenters. The third-order valence-electron chi connectivity index (χ3n) is 2.50. The molecule has 0 bridgehead atoms. The highest BCUT2D eigenvalue weighted by molar-refractivity contribution is 5.81. The van der Waals surface area contributed by atoms with E-state index in [1.807, 2.05) is 0 Å². The number of carbonyl (C=O) groups excluding carboxylic acids is 1. The van der Waals surface area contributed by atoms with Gasteiger partial charge in [-0.25, -0.2) is 4.39 Å². The Morgan fingerprint density at radius 1 is 1.58 bits per heavy atom. The van der Waals surface area contributed by atoms with Gasteiger partial charge in [0, 0.05) is 0 Å². The van der Waals surface area contributed by atoms with Crippen molar-refractivity contribution in [3.63, 3.8) is 0 Å². The molecule has 1 aromatic heterocycles. The lowest BCUT2D eigenvalue weighted by Gasteiger charge is -2.13. The lowest BCUT2D eigenvalue weighted by molar-refractivity contribution is -0.144. The van der Waals surface area contributed by atoms with Crippen molar-refractivity contribution in [2.24, 2.45) is 0 Å². The van der Waals surface area contributed by atoms with E-state index in [1.165, 1.54) is 18.2 Å². The molecule has 7 heteroatoms. The zero-order valence-corrected chi connectivity index (χ0v) is 10.3. The number of ether oxygens (including phenoxy) is 1. The van der Waals surface area contributed by atoms with Gasteiger partial charge >= 0.3 is 5.97 Å². The standard InChI is InChI=1S/C12H13FN4O2/c1-2-19-11(18)9(10-15-12(14)17-16-10)7-4-3-5-8(13)6-7/h3-6,9H,2H2,1H3,(H3,14,15,16,17). The summed E-state index contributed by atoms with van der Waals surface area (Å²) in [6, 6.07) is 5.67. The fourth-order valence-corrected chi connectivity index (χ4v) is 1.73. The van der Waals surface area contributed by atoms with Gasteiger partial charge in [0.2, 0.25) is 5.95 Å². The Bertz CT molecular complexity index is 585. The fraction of sp³-hybridized carbons (Fsp3) is 0.250. The number of hydrogen-bond acceptors (Lipinski definition) is 5. The van der Waals surface area contributed by atoms with Gasteiger partial charge in [-0.3, -0.25) is 9.89 Å². The lowest BCUT2D eigenvalue weighted by Crippen LogP contribution is -2.18. The van der Waals surface area contributed by atoms with Crippen molar-refractivity contribution in [1.29, 1.82) is 0 Å². The van der Waals surface area contributed by atoms with Gasteiger partial charge in [0.25, 0.3) is 0 Å². The van der Waals surface area contributed by atoms with Crippen molar-refractivity contribution in [3.8, 4) is 0 Å². The van der Waals surface area contributed by atoms with Crippen LogP contribution in [0.4, 0.5) is 10.3 Å². The summed E-state index contributed by atoms with van der Waals surface area (Å²) in [7, 11) is 0. The van der Waals surface area contributed by atoms with Gasteiger partial charge < -0.3 is 10.5 Å². The molecule has 0 aliphatic rings. The Balaban J connectivity index is 2.42. The van der Waals surface area contributed by atoms with Crippen molar-refractivity contribution in [1.82, 2.24) is 15.2 Å². The summed E-state index contributed by atoms with van der Waals surface area (Å²) >= 11 is 0. The minimum Gasteiger partial charge on any atom is -0.465 e. The number of nitrogens with one attached hydrogen (secondary N) is 1. The van der Waals surface area contributed by atoms with Crippen LogP contribution in [0.15, 0.2) is 24.3 Å². The second-order valence-corrected chi connectivity index (χ2v) is 3.82. The van der Waals surface area contributed by atoms with Crippen LogP contribution in [0.1, 0.15) is 24.2 Å². The molecule has 6 nitrogen and oxygen atoms in total. The minimum absolute atomic E-state index is 0.0145. The van der Waals surface area contributed by atoms with Crippen LogP contribution in [0, 0.1) is 5.82 Å². The van der Waals surface area contributed by atoms with Crippen molar-refractivity contribution in [2.75, 3.05) is 12.3 Å². The number of halogens is 1. The number of aromatic amines is 1. The molecular weight excluding hydrogens is 251 g/mol. The largest absolute Gasteiger partial charge is 0.465 e. The van der Waals surface area contributed by atoms with Crippen LogP contribution < -0.4 is 5.73 Å². The predicted molar refractivity (Wildman–Crippen MR) is 65.7 cm³/mol. The summed E-state index contributed by atoms with van der Waals surface area (Å²) in [5.41, 5.74) is 5.84. The normalized spacial score (nSPS) is 12.1. The number of nitrogens with zero attached hydrogens (tertiary/aromatic N) is 2. The molecule has 19 heavy (non-hydrogen) atoms. The van der Waals surface area contributed by atoms with E-state index >= 15 is 0 Å². The molecule has 0 saturated carbocycles. The maximum Gasteiger partial charge on any atom is 0.321 e. The van der Waals surface area contributed by atoms with Gasteiger partial charge in [-0.1, -0.05) is 12.1 Å². The van der Waals surface area contributed by atoms with E-state index in [2.05, 4.69) is 15.2 Å². The lowest BCUT2D eigenvalue weighted by atomic mass is 9.98. The zero-order chi connectivity index (χ0) is 13.8. The van der Waals surface area contributed by atoms with Gasteiger partial charge in [0.1, 0.15) is 17.6 Å². The van der Waals surface area contributed by atoms with Crippen LogP contribution in [-0.2, 0) is 9.53 Å². The van der Waals surface area contributed by atoms with Gasteiger partial charge in [-0.15, -0.1) is 5.10 Å². The molecule has 0 aliphatic heterocycles. The molecule has 1 aromatic carbocycles. The topological polar surface area (TPSA) is 93.9 Å². The van der Waals surface area contributed by atoms with E-state index in [0.717, 1.165) is 0 Å². The second kappa shape index (κ2) is 5.47. The number of aromatic nitrogens is 3. The number of H-pyrrole nitrogens is 1. The number of esters is 1. The van der Waals surface area contributed by atoms with Crippen LogP contribution >= 0.6 is 0 Å². The first-order valence-corrected chi connectivity index (χ1v) is 5.71. The molecule has 0 amide bonds. The quantitative estimate of drug-likeness (QED) is 0.810. The summed E-state index contributed by atoms with van der Waals surface area (Å²) in [6.07, 6.45) is 0. The summed E-state index contributed by atoms with van der Waals surface area (Å²) < 4.78 is 18.2. The van der Waals surface area contributed by atoms with Crippen LogP contribution in [-0.4, -0.2) is 27.8 Å². The maximum absolute atomic E-state index is 13.3. The van der Waals surface area contributed by atoms with E-state index in [1.54, 1.807) is 13.0 Å². The zero-order valence-electron chi connectivity index (χ0n) is 10.3. The Hall–Kier alpha value is -2.44. The van der Waals surface area contributed by atoms with Crippen molar-refractivity contribution in [2.45, 2.75) is 12.8 Å². The average Bonchev–Trinajstić information content (AvgIpc) is 2.76. The Morgan fingerprint density at radius 2 is 2.37 bits per heavy atom. The number of nitrogens with two attached hydrogens (primary N) is 1. The van der Waals surface area contributed by atoms with Gasteiger partial charge in [0.15, 0.2) is 0 Å². The van der Waals surface area contributed by atoms with E-state index in [-0.39, 0.29) is 18.4 Å². The molecular formula is C12H13FN4O2. The maximum atomic E-state index is 13.3. The van der Waals surface area contributed by atoms with E-state index in [4.69, 9.17) is 10.5 Å². The molecule has 0 fully saturated rings. The molecule has 0 spiro atoms. The van der Waals surface area contributed by atoms with Gasteiger partial charge in [-0.2, -0.15) is 4.98 Å². The third-order valence-corrected chi connectivity index (χ3v) is 2.50. The molecule has 0 aliphatic carbocycles. The number of hydrogen-bond donors (Lipinski definition) is 2. The number of anilines is 1. The minimum atomic E-state index is -0.875. The molecule has 3 N–H and O–H groups in total. The summed E-state index contributed by atoms with van der Waals surface area (Å²) in [6.45, 7) is 1.91. The van der Waals surface area contributed by atoms with Crippen LogP contribution in [0.3, 0.4) is 0 Å². The highest BCUT2D eigenvalue weighted by Crippen LogP contribution is 2.24. The third kappa shape index (κ3) is 2.87. The van der Waals surface area contributed by atoms with Crippen molar-refractivity contribution < 1.29 is 13.9 Å². The SMILES string of the molecule is CCOC(=O)C(c1cccc(F)c1)c1nc(N)n[nH]1. The summed E-state index contributed by atoms with van der Waals surface area (Å²) in [5, 5.41) is 6.22. The van der Waals surface area contributed by atoms with E-state index in [9.17, 15) is 9.18 Å². The van der Waals surface area contributed by atoms with Gasteiger partial charge in [-0.05, 0) is 24.6 Å². The van der Waals surface area contributed by atoms with Crippen LogP contribution in [0.5, 0.6) is 0 Å². The molecule has 1 heterocycles. The molecule has 0 radical (unpaired) electrons. The summed E-state index contributed by atoms with van der Waals surface area (Å²) in [5.74, 6) is -1.62. The van der Waals surface area contributed by atoms with Crippen LogP contribution in [0.25, 0.3) is 0 Å². The number of carbonyl (C=O) groups is 1. The highest BCUT2D eigenvalue weighted by Gasteiger charge is 2.27. The predicted octanol–water partition coefficient (Wildman–Crippen LogP) is 1.22. The molecule has 2 rings (SSSR count). The fourth-order valence-electron chi connectivity index (χ4n) is 1.73. The van der Waals surface area contributed by atoms with Crippen molar-refractivity contribution >= 4 is 11.9 Å². The Labute approximate surface area is 108 Å². The smallest absolute Gasteiger partial charge is 0.321 e. The van der Waals surface area contributed by atoms with E-state index in [0.29, 0.717) is 5.56 Å². The molecule has 0 saturated heterocycles. The first-order valence-electron chi connectivity index (χ1n) is 5.71. The molecule has 2 aromatic rings. The van der Waals surface area contributed by atoms with Gasteiger partial charge in [0.05, 0.1) is 6.61 Å². The van der Waals surface area contributed by atoms with Crippen molar-refractivity contribution in [3.05, 3.63) is 41.5 Å². The highest BCUT2D eigenvalue weighted by atomic mass is 19.1. The monoisotopic (exact) mass is 264 g/mol. The average molecular weight is 264 g/mol. The Kier molecular flexibility index (Phi) is 3.74. The summed E-state index contributed by atoms with van der Waals surface area (Å²) in [4.78, 5) is 15.9. The molecule has 1 unspecified atom stereocenters. The Morgan fingerprint density at radius 3 is 2.95 bits per heavy atom. The molecule has 100 valence electrons. The van der Waals surface area contributed by atoms with E-state index < -0.39 is 17.7 Å².